The molecule has 4 heteroatoms. The Balaban J connectivity index is 2.30. The summed E-state index contributed by atoms with van der Waals surface area (Å²) in [4.78, 5) is 12.0. The monoisotopic (exact) mass is 336 g/mol. The van der Waals surface area contributed by atoms with E-state index in [0.717, 1.165) is 24.8 Å². The molecule has 1 aromatic rings. The van der Waals surface area contributed by atoms with Crippen LogP contribution in [0.2, 0.25) is 0 Å². The molecular weight excluding hydrogens is 304 g/mol. The molecule has 0 amide bonds. The van der Waals surface area contributed by atoms with Gasteiger partial charge in [0.15, 0.2) is 11.5 Å². The molecule has 0 heterocycles. The van der Waals surface area contributed by atoms with E-state index in [4.69, 9.17) is 9.47 Å². The molecule has 1 N–H and O–H groups in total. The number of ketones is 1. The molecule has 0 saturated heterocycles. The zero-order valence-corrected chi connectivity index (χ0v) is 15.3. The van der Waals surface area contributed by atoms with Crippen molar-refractivity contribution in [2.75, 3.05) is 14.2 Å². The Kier molecular flexibility index (Phi) is 10.2. The van der Waals surface area contributed by atoms with Gasteiger partial charge in [0.2, 0.25) is 0 Å². The molecule has 0 radical (unpaired) electrons. The summed E-state index contributed by atoms with van der Waals surface area (Å²) in [5.74, 6) is 1.48. The Morgan fingerprint density at radius 2 is 1.79 bits per heavy atom. The maximum Gasteiger partial charge on any atom is 0.160 e. The van der Waals surface area contributed by atoms with E-state index in [9.17, 15) is 9.90 Å². The van der Waals surface area contributed by atoms with Crippen molar-refractivity contribution in [3.63, 3.8) is 0 Å². The third kappa shape index (κ3) is 7.82. The fraction of sp³-hybridized carbons (Fsp3) is 0.650. The highest BCUT2D eigenvalue weighted by Crippen LogP contribution is 2.28. The van der Waals surface area contributed by atoms with E-state index in [1.807, 2.05) is 18.2 Å². The summed E-state index contributed by atoms with van der Waals surface area (Å²) in [5, 5.41) is 9.97. The van der Waals surface area contributed by atoms with Crippen LogP contribution in [0.25, 0.3) is 0 Å². The van der Waals surface area contributed by atoms with Crippen molar-refractivity contribution in [3.8, 4) is 11.5 Å². The highest BCUT2D eigenvalue weighted by Gasteiger charge is 2.12. The van der Waals surface area contributed by atoms with Crippen LogP contribution in [0.4, 0.5) is 0 Å². The Morgan fingerprint density at radius 1 is 1.08 bits per heavy atom. The minimum Gasteiger partial charge on any atom is -0.493 e. The van der Waals surface area contributed by atoms with E-state index in [-0.39, 0.29) is 12.2 Å². The fourth-order valence-electron chi connectivity index (χ4n) is 2.77. The molecule has 1 rings (SSSR count). The second-order valence-corrected chi connectivity index (χ2v) is 6.29. The largest absolute Gasteiger partial charge is 0.493 e. The number of hydrogen-bond acceptors (Lipinski definition) is 4. The van der Waals surface area contributed by atoms with Gasteiger partial charge in [-0.3, -0.25) is 4.79 Å². The number of aryl methyl sites for hydroxylation is 1. The fourth-order valence-corrected chi connectivity index (χ4v) is 2.77. The van der Waals surface area contributed by atoms with Gasteiger partial charge in [0, 0.05) is 12.8 Å². The molecule has 24 heavy (non-hydrogen) atoms. The number of ether oxygens (including phenoxy) is 2. The number of rotatable bonds is 13. The predicted molar refractivity (Wildman–Crippen MR) is 96.9 cm³/mol. The number of aliphatic hydroxyl groups excluding tert-OH is 1. The quantitative estimate of drug-likeness (QED) is 0.545. The molecule has 0 spiro atoms. The summed E-state index contributed by atoms with van der Waals surface area (Å²) >= 11 is 0. The smallest absolute Gasteiger partial charge is 0.160 e. The van der Waals surface area contributed by atoms with Gasteiger partial charge in [-0.05, 0) is 30.5 Å². The first-order valence-corrected chi connectivity index (χ1v) is 9.01. The molecule has 1 aromatic carbocycles. The normalized spacial score (nSPS) is 12.0. The molecule has 136 valence electrons. The number of benzene rings is 1. The van der Waals surface area contributed by atoms with Crippen LogP contribution in [0.1, 0.15) is 63.9 Å². The SMILES string of the molecule is CCCCCCCC(O)CC(=O)CCc1ccc(OC)c(OC)c1. The molecule has 0 aliphatic rings. The first-order chi connectivity index (χ1) is 11.6. The zero-order valence-electron chi connectivity index (χ0n) is 15.3. The summed E-state index contributed by atoms with van der Waals surface area (Å²) in [6.07, 6.45) is 7.44. The lowest BCUT2D eigenvalue weighted by atomic mass is 10.0. The predicted octanol–water partition coefficient (Wildman–Crippen LogP) is 4.32. The van der Waals surface area contributed by atoms with Crippen molar-refractivity contribution in [1.82, 2.24) is 0 Å². The molecule has 4 nitrogen and oxygen atoms in total. The number of methoxy groups -OCH3 is 2. The van der Waals surface area contributed by atoms with Gasteiger partial charge in [-0.15, -0.1) is 0 Å². The lowest BCUT2D eigenvalue weighted by Gasteiger charge is -2.11. The lowest BCUT2D eigenvalue weighted by molar-refractivity contribution is -0.121. The average Bonchev–Trinajstić information content (AvgIpc) is 2.59. The number of hydrogen-bond donors (Lipinski definition) is 1. The average molecular weight is 336 g/mol. The van der Waals surface area contributed by atoms with Gasteiger partial charge in [0.25, 0.3) is 0 Å². The van der Waals surface area contributed by atoms with Crippen LogP contribution < -0.4 is 9.47 Å². The first kappa shape index (κ1) is 20.5. The van der Waals surface area contributed by atoms with E-state index in [0.29, 0.717) is 24.3 Å². The minimum atomic E-state index is -0.496. The van der Waals surface area contributed by atoms with Gasteiger partial charge < -0.3 is 14.6 Å². The van der Waals surface area contributed by atoms with Gasteiger partial charge in [-0.25, -0.2) is 0 Å². The Morgan fingerprint density at radius 3 is 2.46 bits per heavy atom. The second-order valence-electron chi connectivity index (χ2n) is 6.29. The number of carbonyl (C=O) groups excluding carboxylic acids is 1. The van der Waals surface area contributed by atoms with Crippen LogP contribution in [0.5, 0.6) is 11.5 Å². The summed E-state index contributed by atoms with van der Waals surface area (Å²) in [6, 6.07) is 5.69. The third-order valence-corrected chi connectivity index (χ3v) is 4.24. The molecule has 0 fully saturated rings. The number of aliphatic hydroxyl groups is 1. The maximum atomic E-state index is 12.0. The summed E-state index contributed by atoms with van der Waals surface area (Å²) in [5.41, 5.74) is 1.04. The van der Waals surface area contributed by atoms with Crippen LogP contribution in [0.15, 0.2) is 18.2 Å². The van der Waals surface area contributed by atoms with Gasteiger partial charge in [-0.1, -0.05) is 45.1 Å². The van der Waals surface area contributed by atoms with Crippen molar-refractivity contribution < 1.29 is 19.4 Å². The Bertz CT molecular complexity index is 485. The van der Waals surface area contributed by atoms with Gasteiger partial charge in [0.05, 0.1) is 20.3 Å². The van der Waals surface area contributed by atoms with Crippen molar-refractivity contribution >= 4 is 5.78 Å². The third-order valence-electron chi connectivity index (χ3n) is 4.24. The van der Waals surface area contributed by atoms with E-state index in [1.54, 1.807) is 14.2 Å². The van der Waals surface area contributed by atoms with Crippen molar-refractivity contribution in [1.29, 1.82) is 0 Å². The second kappa shape index (κ2) is 11.9. The topological polar surface area (TPSA) is 55.8 Å². The molecule has 0 saturated carbocycles. The highest BCUT2D eigenvalue weighted by molar-refractivity contribution is 5.79. The van der Waals surface area contributed by atoms with E-state index >= 15 is 0 Å². The van der Waals surface area contributed by atoms with Gasteiger partial charge in [0.1, 0.15) is 5.78 Å². The number of carbonyl (C=O) groups is 1. The molecule has 0 bridgehead atoms. The van der Waals surface area contributed by atoms with E-state index in [1.165, 1.54) is 19.3 Å². The van der Waals surface area contributed by atoms with Crippen LogP contribution >= 0.6 is 0 Å². The standard InChI is InChI=1S/C20H32O4/c1-4-5-6-7-8-9-17(21)15-18(22)12-10-16-11-13-19(23-2)20(14-16)24-3/h11,13-14,17,21H,4-10,12,15H2,1-3H3. The van der Waals surface area contributed by atoms with Crippen molar-refractivity contribution in [2.24, 2.45) is 0 Å². The van der Waals surface area contributed by atoms with Crippen molar-refractivity contribution in [2.45, 2.75) is 70.8 Å². The molecule has 0 aromatic heterocycles. The van der Waals surface area contributed by atoms with Crippen LogP contribution in [0, 0.1) is 0 Å². The lowest BCUT2D eigenvalue weighted by Crippen LogP contribution is -2.14. The number of Topliss-reactive ketones (excluding diaryl/α,β-unsaturated/α-hetero) is 1. The zero-order chi connectivity index (χ0) is 17.8. The van der Waals surface area contributed by atoms with Gasteiger partial charge in [-0.2, -0.15) is 0 Å². The van der Waals surface area contributed by atoms with Crippen LogP contribution in [-0.4, -0.2) is 31.2 Å². The highest BCUT2D eigenvalue weighted by atomic mass is 16.5. The van der Waals surface area contributed by atoms with Crippen LogP contribution in [-0.2, 0) is 11.2 Å². The Hall–Kier alpha value is -1.55. The molecule has 1 unspecified atom stereocenters. The summed E-state index contributed by atoms with van der Waals surface area (Å²) < 4.78 is 10.5. The summed E-state index contributed by atoms with van der Waals surface area (Å²) in [7, 11) is 3.20. The van der Waals surface area contributed by atoms with E-state index in [2.05, 4.69) is 6.92 Å². The minimum absolute atomic E-state index is 0.117. The molecule has 1 atom stereocenters. The maximum absolute atomic E-state index is 12.0. The number of unbranched alkanes of at least 4 members (excludes halogenated alkanes) is 4. The van der Waals surface area contributed by atoms with Gasteiger partial charge >= 0.3 is 0 Å². The van der Waals surface area contributed by atoms with E-state index < -0.39 is 6.10 Å². The molecule has 0 aliphatic heterocycles. The summed E-state index contributed by atoms with van der Waals surface area (Å²) in [6.45, 7) is 2.19. The van der Waals surface area contributed by atoms with Crippen molar-refractivity contribution in [3.05, 3.63) is 23.8 Å². The molecular formula is C20H32O4. The molecule has 0 aliphatic carbocycles. The first-order valence-electron chi connectivity index (χ1n) is 9.01. The van der Waals surface area contributed by atoms with Crippen LogP contribution in [0.3, 0.4) is 0 Å². The Labute approximate surface area is 146 Å².